The minimum atomic E-state index is 0.809. The Labute approximate surface area is 116 Å². The molecule has 1 heterocycles. The van der Waals surface area contributed by atoms with Crippen LogP contribution in [-0.2, 0) is 6.42 Å². The molecule has 19 heavy (non-hydrogen) atoms. The van der Waals surface area contributed by atoms with Crippen LogP contribution >= 0.6 is 0 Å². The minimum absolute atomic E-state index is 0.809. The monoisotopic (exact) mass is 256 g/mol. The van der Waals surface area contributed by atoms with Crippen LogP contribution in [0.1, 0.15) is 32.3 Å². The Morgan fingerprint density at radius 3 is 2.79 bits per heavy atom. The topological polar surface area (TPSA) is 24.9 Å². The van der Waals surface area contributed by atoms with Crippen LogP contribution in [0.25, 0.3) is 10.9 Å². The molecule has 0 unspecified atom stereocenters. The largest absolute Gasteiger partial charge is 0.316 e. The third kappa shape index (κ3) is 4.32. The second kappa shape index (κ2) is 7.25. The molecule has 0 aliphatic rings. The quantitative estimate of drug-likeness (QED) is 0.762. The fourth-order valence-corrected chi connectivity index (χ4v) is 2.35. The molecule has 0 aliphatic heterocycles. The Hall–Kier alpha value is -1.41. The van der Waals surface area contributed by atoms with Crippen molar-refractivity contribution in [1.29, 1.82) is 0 Å². The zero-order valence-corrected chi connectivity index (χ0v) is 12.0. The van der Waals surface area contributed by atoms with E-state index in [1.807, 2.05) is 12.3 Å². The molecule has 0 spiro atoms. The Balaban J connectivity index is 1.82. The fraction of sp³-hybridized carbons (Fsp3) is 0.471. The zero-order chi connectivity index (χ0) is 13.5. The van der Waals surface area contributed by atoms with Crippen LogP contribution in [-0.4, -0.2) is 18.1 Å². The van der Waals surface area contributed by atoms with Gasteiger partial charge < -0.3 is 5.32 Å². The SMILES string of the molecule is CC(C)CCCNCCc1cccc2cccnc12. The van der Waals surface area contributed by atoms with Gasteiger partial charge in [0.15, 0.2) is 0 Å². The van der Waals surface area contributed by atoms with Crippen molar-refractivity contribution in [3.63, 3.8) is 0 Å². The molecule has 2 rings (SSSR count). The van der Waals surface area contributed by atoms with Gasteiger partial charge in [0.05, 0.1) is 5.52 Å². The van der Waals surface area contributed by atoms with Crippen LogP contribution in [0.5, 0.6) is 0 Å². The molecular formula is C17H24N2. The van der Waals surface area contributed by atoms with Crippen molar-refractivity contribution in [3.05, 3.63) is 42.1 Å². The number of rotatable bonds is 7. The average Bonchev–Trinajstić information content (AvgIpc) is 2.42. The molecule has 0 saturated heterocycles. The van der Waals surface area contributed by atoms with E-state index in [-0.39, 0.29) is 0 Å². The first-order chi connectivity index (χ1) is 9.27. The van der Waals surface area contributed by atoms with Gasteiger partial charge in [0.1, 0.15) is 0 Å². The molecule has 0 amide bonds. The summed E-state index contributed by atoms with van der Waals surface area (Å²) >= 11 is 0. The Morgan fingerprint density at radius 1 is 1.11 bits per heavy atom. The highest BCUT2D eigenvalue weighted by Gasteiger charge is 2.01. The summed E-state index contributed by atoms with van der Waals surface area (Å²) in [6, 6.07) is 10.6. The third-order valence-electron chi connectivity index (χ3n) is 3.42. The molecule has 0 saturated carbocycles. The maximum atomic E-state index is 4.49. The van der Waals surface area contributed by atoms with Crippen molar-refractivity contribution in [2.45, 2.75) is 33.1 Å². The van der Waals surface area contributed by atoms with Crippen molar-refractivity contribution in [3.8, 4) is 0 Å². The molecule has 0 fully saturated rings. The van der Waals surface area contributed by atoms with E-state index in [0.717, 1.165) is 30.9 Å². The molecule has 1 N–H and O–H groups in total. The summed E-state index contributed by atoms with van der Waals surface area (Å²) in [5.41, 5.74) is 2.49. The van der Waals surface area contributed by atoms with Crippen molar-refractivity contribution < 1.29 is 0 Å². The van der Waals surface area contributed by atoms with Crippen LogP contribution in [0.3, 0.4) is 0 Å². The number of para-hydroxylation sites is 1. The van der Waals surface area contributed by atoms with Gasteiger partial charge in [0.25, 0.3) is 0 Å². The van der Waals surface area contributed by atoms with Gasteiger partial charge in [-0.1, -0.05) is 38.1 Å². The van der Waals surface area contributed by atoms with Gasteiger partial charge in [-0.25, -0.2) is 0 Å². The second-order valence-electron chi connectivity index (χ2n) is 5.53. The van der Waals surface area contributed by atoms with E-state index in [0.29, 0.717) is 0 Å². The Morgan fingerprint density at radius 2 is 1.95 bits per heavy atom. The maximum Gasteiger partial charge on any atom is 0.0734 e. The van der Waals surface area contributed by atoms with Crippen LogP contribution in [0.15, 0.2) is 36.5 Å². The van der Waals surface area contributed by atoms with Crippen LogP contribution < -0.4 is 5.32 Å². The molecule has 2 aromatic rings. The summed E-state index contributed by atoms with van der Waals surface area (Å²) in [4.78, 5) is 4.49. The van der Waals surface area contributed by atoms with E-state index in [9.17, 15) is 0 Å². The molecule has 0 bridgehead atoms. The van der Waals surface area contributed by atoms with Gasteiger partial charge in [-0.2, -0.15) is 0 Å². The lowest BCUT2D eigenvalue weighted by Gasteiger charge is -2.08. The first-order valence-corrected chi connectivity index (χ1v) is 7.30. The Kier molecular flexibility index (Phi) is 5.34. The van der Waals surface area contributed by atoms with Crippen molar-refractivity contribution in [2.24, 2.45) is 5.92 Å². The van der Waals surface area contributed by atoms with E-state index < -0.39 is 0 Å². The number of pyridine rings is 1. The zero-order valence-electron chi connectivity index (χ0n) is 12.0. The molecule has 2 heteroatoms. The lowest BCUT2D eigenvalue weighted by Crippen LogP contribution is -2.19. The molecule has 102 valence electrons. The molecule has 1 aromatic heterocycles. The minimum Gasteiger partial charge on any atom is -0.316 e. The molecule has 1 aromatic carbocycles. The predicted molar refractivity (Wildman–Crippen MR) is 82.4 cm³/mol. The molecule has 0 radical (unpaired) electrons. The normalized spacial score (nSPS) is 11.3. The first kappa shape index (κ1) is 14.0. The number of hydrogen-bond donors (Lipinski definition) is 1. The van der Waals surface area contributed by atoms with Crippen molar-refractivity contribution in [1.82, 2.24) is 10.3 Å². The molecule has 2 nitrogen and oxygen atoms in total. The summed E-state index contributed by atoms with van der Waals surface area (Å²) in [6.07, 6.45) is 5.51. The highest BCUT2D eigenvalue weighted by molar-refractivity contribution is 5.81. The second-order valence-corrected chi connectivity index (χ2v) is 5.53. The van der Waals surface area contributed by atoms with E-state index in [4.69, 9.17) is 0 Å². The van der Waals surface area contributed by atoms with Gasteiger partial charge in [-0.15, -0.1) is 0 Å². The lowest BCUT2D eigenvalue weighted by atomic mass is 10.1. The van der Waals surface area contributed by atoms with Gasteiger partial charge in [-0.05, 0) is 49.9 Å². The summed E-state index contributed by atoms with van der Waals surface area (Å²) in [5, 5.41) is 4.76. The van der Waals surface area contributed by atoms with E-state index in [2.05, 4.69) is 48.4 Å². The van der Waals surface area contributed by atoms with Gasteiger partial charge in [0.2, 0.25) is 0 Å². The highest BCUT2D eigenvalue weighted by Crippen LogP contribution is 2.15. The van der Waals surface area contributed by atoms with Crippen LogP contribution in [0.2, 0.25) is 0 Å². The van der Waals surface area contributed by atoms with Gasteiger partial charge >= 0.3 is 0 Å². The summed E-state index contributed by atoms with van der Waals surface area (Å²) in [5.74, 6) is 0.809. The Bertz CT molecular complexity index is 500. The third-order valence-corrected chi connectivity index (χ3v) is 3.42. The van der Waals surface area contributed by atoms with Gasteiger partial charge in [0, 0.05) is 11.6 Å². The van der Waals surface area contributed by atoms with Crippen LogP contribution in [0, 0.1) is 5.92 Å². The number of hydrogen-bond acceptors (Lipinski definition) is 2. The van der Waals surface area contributed by atoms with Crippen molar-refractivity contribution in [2.75, 3.05) is 13.1 Å². The molecule has 0 aliphatic carbocycles. The molecular weight excluding hydrogens is 232 g/mol. The standard InChI is InChI=1S/C17H24N2/c1-14(2)6-4-11-18-13-10-16-8-3-7-15-9-5-12-19-17(15)16/h3,5,7-9,12,14,18H,4,6,10-11,13H2,1-2H3. The van der Waals surface area contributed by atoms with Crippen molar-refractivity contribution >= 4 is 10.9 Å². The number of nitrogens with one attached hydrogen (secondary N) is 1. The van der Waals surface area contributed by atoms with E-state index in [1.165, 1.54) is 23.8 Å². The predicted octanol–water partition coefficient (Wildman–Crippen LogP) is 3.80. The lowest BCUT2D eigenvalue weighted by molar-refractivity contribution is 0.529. The summed E-state index contributed by atoms with van der Waals surface area (Å²) < 4.78 is 0. The van der Waals surface area contributed by atoms with E-state index in [1.54, 1.807) is 0 Å². The first-order valence-electron chi connectivity index (χ1n) is 7.30. The van der Waals surface area contributed by atoms with Crippen LogP contribution in [0.4, 0.5) is 0 Å². The summed E-state index contributed by atoms with van der Waals surface area (Å²) in [6.45, 7) is 6.72. The van der Waals surface area contributed by atoms with Gasteiger partial charge in [-0.3, -0.25) is 4.98 Å². The summed E-state index contributed by atoms with van der Waals surface area (Å²) in [7, 11) is 0. The number of aromatic nitrogens is 1. The number of nitrogens with zero attached hydrogens (tertiary/aromatic N) is 1. The van der Waals surface area contributed by atoms with E-state index >= 15 is 0 Å². The maximum absolute atomic E-state index is 4.49. The fourth-order valence-electron chi connectivity index (χ4n) is 2.35. The highest BCUT2D eigenvalue weighted by atomic mass is 14.8. The number of fused-ring (bicyclic) bond motifs is 1. The smallest absolute Gasteiger partial charge is 0.0734 e. The molecule has 0 atom stereocenters. The average molecular weight is 256 g/mol. The number of benzene rings is 1.